The molecule has 0 aliphatic rings. The number of carbonyl (C=O) groups excluding carboxylic acids is 1. The van der Waals surface area contributed by atoms with Crippen LogP contribution in [0.1, 0.15) is 22.3 Å². The van der Waals surface area contributed by atoms with Crippen LogP contribution in [0.15, 0.2) is 60.2 Å². The van der Waals surface area contributed by atoms with Crippen LogP contribution in [-0.4, -0.2) is 13.0 Å². The Morgan fingerprint density at radius 1 is 1.18 bits per heavy atom. The Kier molecular flexibility index (Phi) is 8.37. The number of benzene rings is 3. The molecule has 0 spiro atoms. The van der Waals surface area contributed by atoms with E-state index in [2.05, 4.69) is 27.9 Å². The number of ether oxygens (including phenoxy) is 2. The predicted octanol–water partition coefficient (Wildman–Crippen LogP) is 6.69. The van der Waals surface area contributed by atoms with E-state index in [9.17, 15) is 10.1 Å². The fourth-order valence-corrected chi connectivity index (χ4v) is 4.09. The number of nitriles is 1. The van der Waals surface area contributed by atoms with Gasteiger partial charge >= 0.3 is 0 Å². The van der Waals surface area contributed by atoms with Crippen LogP contribution in [0.25, 0.3) is 6.08 Å². The highest BCUT2D eigenvalue weighted by Gasteiger charge is 2.15. The number of halogens is 2. The molecule has 5 nitrogen and oxygen atoms in total. The van der Waals surface area contributed by atoms with Crippen molar-refractivity contribution < 1.29 is 14.3 Å². The average Bonchev–Trinajstić information content (AvgIpc) is 2.80. The lowest BCUT2D eigenvalue weighted by Gasteiger charge is -2.14. The van der Waals surface area contributed by atoms with Gasteiger partial charge in [0, 0.05) is 16.3 Å². The molecule has 0 aliphatic heterocycles. The Hall–Kier alpha value is -3.02. The van der Waals surface area contributed by atoms with E-state index in [1.807, 2.05) is 68.4 Å². The second-order valence-electron chi connectivity index (χ2n) is 7.29. The number of methoxy groups -OCH3 is 1. The lowest BCUT2D eigenvalue weighted by molar-refractivity contribution is -0.112. The van der Waals surface area contributed by atoms with Crippen molar-refractivity contribution in [1.82, 2.24) is 0 Å². The Morgan fingerprint density at radius 3 is 2.64 bits per heavy atom. The van der Waals surface area contributed by atoms with Gasteiger partial charge < -0.3 is 14.8 Å². The highest BCUT2D eigenvalue weighted by atomic mass is 127. The first-order chi connectivity index (χ1) is 15.8. The van der Waals surface area contributed by atoms with Gasteiger partial charge in [-0.25, -0.2) is 0 Å². The summed E-state index contributed by atoms with van der Waals surface area (Å²) >= 11 is 8.36. The molecule has 0 atom stereocenters. The van der Waals surface area contributed by atoms with Crippen molar-refractivity contribution in [2.24, 2.45) is 0 Å². The van der Waals surface area contributed by atoms with Gasteiger partial charge in [-0.1, -0.05) is 41.9 Å². The van der Waals surface area contributed by atoms with Gasteiger partial charge in [-0.3, -0.25) is 4.79 Å². The summed E-state index contributed by atoms with van der Waals surface area (Å²) in [6.07, 6.45) is 1.53. The number of hydrogen-bond acceptors (Lipinski definition) is 4. The van der Waals surface area contributed by atoms with Gasteiger partial charge in [0.2, 0.25) is 0 Å². The first kappa shape index (κ1) is 24.6. The van der Waals surface area contributed by atoms with Crippen LogP contribution in [0.3, 0.4) is 0 Å². The topological polar surface area (TPSA) is 71.3 Å². The number of aryl methyl sites for hydroxylation is 1. The maximum atomic E-state index is 12.7. The van der Waals surface area contributed by atoms with Crippen molar-refractivity contribution in [1.29, 1.82) is 5.26 Å². The van der Waals surface area contributed by atoms with Crippen LogP contribution in [-0.2, 0) is 11.4 Å². The standard InChI is InChI=1S/C26H22ClIN2O3/c1-16-7-6-10-23(17(16)2)30-26(31)20(14-29)11-18-12-22(28)25(24(13-18)32-3)33-15-19-8-4-5-9-21(19)27/h4-13H,15H2,1-3H3,(H,30,31)/b20-11-. The van der Waals surface area contributed by atoms with E-state index < -0.39 is 5.91 Å². The summed E-state index contributed by atoms with van der Waals surface area (Å²) in [5.41, 5.74) is 4.18. The average molecular weight is 573 g/mol. The smallest absolute Gasteiger partial charge is 0.266 e. The molecule has 0 aromatic heterocycles. The summed E-state index contributed by atoms with van der Waals surface area (Å²) in [7, 11) is 1.54. The maximum Gasteiger partial charge on any atom is 0.266 e. The van der Waals surface area contributed by atoms with Crippen LogP contribution in [0.5, 0.6) is 11.5 Å². The SMILES string of the molecule is COc1cc(/C=C(/C#N)C(=O)Nc2cccc(C)c2C)cc(I)c1OCc1ccccc1Cl. The Bertz CT molecular complexity index is 1260. The van der Waals surface area contributed by atoms with Crippen LogP contribution in [0.2, 0.25) is 5.02 Å². The zero-order valence-electron chi connectivity index (χ0n) is 18.4. The lowest BCUT2D eigenvalue weighted by atomic mass is 10.1. The minimum absolute atomic E-state index is 0.0153. The van der Waals surface area contributed by atoms with Crippen molar-refractivity contribution in [2.75, 3.05) is 12.4 Å². The number of anilines is 1. The molecular weight excluding hydrogens is 551 g/mol. The third-order valence-corrected chi connectivity index (χ3v) is 6.28. The molecule has 0 heterocycles. The molecule has 0 saturated heterocycles. The lowest BCUT2D eigenvalue weighted by Crippen LogP contribution is -2.14. The minimum atomic E-state index is -0.473. The van der Waals surface area contributed by atoms with E-state index in [4.69, 9.17) is 21.1 Å². The fourth-order valence-electron chi connectivity index (χ4n) is 3.12. The monoisotopic (exact) mass is 572 g/mol. The zero-order valence-corrected chi connectivity index (χ0v) is 21.3. The molecule has 3 aromatic carbocycles. The molecule has 0 fully saturated rings. The molecule has 0 unspecified atom stereocenters. The van der Waals surface area contributed by atoms with Gasteiger partial charge in [0.05, 0.1) is 10.7 Å². The molecule has 3 aromatic rings. The van der Waals surface area contributed by atoms with Gasteiger partial charge in [-0.15, -0.1) is 0 Å². The molecule has 7 heteroatoms. The molecule has 0 radical (unpaired) electrons. The maximum absolute atomic E-state index is 12.7. The highest BCUT2D eigenvalue weighted by Crippen LogP contribution is 2.35. The summed E-state index contributed by atoms with van der Waals surface area (Å²) in [6, 6.07) is 18.6. The Balaban J connectivity index is 1.85. The molecule has 0 aliphatic carbocycles. The van der Waals surface area contributed by atoms with Crippen molar-refractivity contribution in [3.63, 3.8) is 0 Å². The van der Waals surface area contributed by atoms with Crippen molar-refractivity contribution in [3.05, 3.63) is 91.0 Å². The number of nitrogens with one attached hydrogen (secondary N) is 1. The quantitative estimate of drug-likeness (QED) is 0.194. The Morgan fingerprint density at radius 2 is 1.94 bits per heavy atom. The molecule has 1 N–H and O–H groups in total. The first-order valence-electron chi connectivity index (χ1n) is 10.1. The van der Waals surface area contributed by atoms with E-state index in [0.29, 0.717) is 27.8 Å². The fraction of sp³-hybridized carbons (Fsp3) is 0.154. The van der Waals surface area contributed by atoms with Crippen LogP contribution in [0.4, 0.5) is 5.69 Å². The van der Waals surface area contributed by atoms with Crippen molar-refractivity contribution in [3.8, 4) is 17.6 Å². The summed E-state index contributed by atoms with van der Waals surface area (Å²) in [5.74, 6) is 0.583. The van der Waals surface area contributed by atoms with Gasteiger partial charge in [-0.05, 0) is 83.5 Å². The molecule has 168 valence electrons. The number of amides is 1. The van der Waals surface area contributed by atoms with Crippen molar-refractivity contribution >= 4 is 51.9 Å². The molecule has 33 heavy (non-hydrogen) atoms. The zero-order chi connectivity index (χ0) is 24.0. The summed E-state index contributed by atoms with van der Waals surface area (Å²) in [4.78, 5) is 12.7. The predicted molar refractivity (Wildman–Crippen MR) is 140 cm³/mol. The van der Waals surface area contributed by atoms with Crippen LogP contribution >= 0.6 is 34.2 Å². The van der Waals surface area contributed by atoms with Crippen molar-refractivity contribution in [2.45, 2.75) is 20.5 Å². The minimum Gasteiger partial charge on any atom is -0.493 e. The largest absolute Gasteiger partial charge is 0.493 e. The number of hydrogen-bond donors (Lipinski definition) is 1. The normalized spacial score (nSPS) is 11.0. The van der Waals surface area contributed by atoms with Gasteiger partial charge in [0.25, 0.3) is 5.91 Å². The first-order valence-corrected chi connectivity index (χ1v) is 11.5. The van der Waals surface area contributed by atoms with E-state index >= 15 is 0 Å². The highest BCUT2D eigenvalue weighted by molar-refractivity contribution is 14.1. The third kappa shape index (κ3) is 6.06. The molecule has 0 saturated carbocycles. The number of carbonyl (C=O) groups is 1. The summed E-state index contributed by atoms with van der Waals surface area (Å²) in [5, 5.41) is 13.0. The second-order valence-corrected chi connectivity index (χ2v) is 8.85. The van der Waals surface area contributed by atoms with E-state index in [1.165, 1.54) is 6.08 Å². The molecule has 1 amide bonds. The van der Waals surface area contributed by atoms with E-state index in [-0.39, 0.29) is 12.2 Å². The summed E-state index contributed by atoms with van der Waals surface area (Å²) < 4.78 is 12.3. The number of rotatable bonds is 7. The van der Waals surface area contributed by atoms with Crippen LogP contribution < -0.4 is 14.8 Å². The summed E-state index contributed by atoms with van der Waals surface area (Å²) in [6.45, 7) is 4.17. The molecular formula is C26H22ClIN2O3. The second kappa shape index (κ2) is 11.2. The van der Waals surface area contributed by atoms with Gasteiger partial charge in [-0.2, -0.15) is 5.26 Å². The molecule has 0 bridgehead atoms. The van der Waals surface area contributed by atoms with Gasteiger partial charge in [0.15, 0.2) is 11.5 Å². The van der Waals surface area contributed by atoms with Gasteiger partial charge in [0.1, 0.15) is 18.2 Å². The van der Waals surface area contributed by atoms with Crippen LogP contribution in [0, 0.1) is 28.7 Å². The van der Waals surface area contributed by atoms with E-state index in [1.54, 1.807) is 13.2 Å². The third-order valence-electron chi connectivity index (χ3n) is 5.11. The number of nitrogens with zero attached hydrogens (tertiary/aromatic N) is 1. The van der Waals surface area contributed by atoms with E-state index in [0.717, 1.165) is 20.3 Å². The Labute approximate surface area is 212 Å². The molecule has 3 rings (SSSR count).